The van der Waals surface area contributed by atoms with Gasteiger partial charge >= 0.3 is 12.2 Å². The second-order valence-electron chi connectivity index (χ2n) is 9.67. The molecule has 2 bridgehead atoms. The molecule has 3 aliphatic rings. The Morgan fingerprint density at radius 3 is 2.80 bits per heavy atom. The highest BCUT2D eigenvalue weighted by Crippen LogP contribution is 2.33. The van der Waals surface area contributed by atoms with E-state index in [-0.39, 0.29) is 6.04 Å². The van der Waals surface area contributed by atoms with Crippen LogP contribution in [0.5, 0.6) is 0 Å². The third kappa shape index (κ3) is 5.97. The summed E-state index contributed by atoms with van der Waals surface area (Å²) in [5.41, 5.74) is 4.73. The van der Waals surface area contributed by atoms with Crippen LogP contribution in [0.25, 0.3) is 0 Å². The van der Waals surface area contributed by atoms with Crippen molar-refractivity contribution in [3.8, 4) is 11.5 Å². The van der Waals surface area contributed by atoms with Crippen LogP contribution in [0.15, 0.2) is 42.0 Å². The minimum atomic E-state index is -4.51. The lowest BCUT2D eigenvalue weighted by Crippen LogP contribution is -2.56. The Hall–Kier alpha value is -3.46. The van der Waals surface area contributed by atoms with E-state index >= 15 is 0 Å². The fraction of sp³-hybridized carbons (Fsp3) is 0.435. The number of nitrogens with one attached hydrogen (secondary N) is 3. The predicted molar refractivity (Wildman–Crippen MR) is 127 cm³/mol. The fourth-order valence-corrected chi connectivity index (χ4v) is 4.58. The second-order valence-corrected chi connectivity index (χ2v) is 14.4. The Bertz CT molecular complexity index is 1150. The summed E-state index contributed by atoms with van der Waals surface area (Å²) in [6.45, 7) is 6.34. The predicted octanol–water partition coefficient (Wildman–Crippen LogP) is 2.61. The Labute approximate surface area is 202 Å². The first-order valence-electron chi connectivity index (χ1n) is 11.3. The molecule has 4 rings (SSSR count). The highest BCUT2D eigenvalue weighted by Gasteiger charge is 2.43. The van der Waals surface area contributed by atoms with Crippen LogP contribution in [0.2, 0.25) is 19.6 Å². The van der Waals surface area contributed by atoms with Crippen LogP contribution in [0.1, 0.15) is 12.0 Å². The van der Waals surface area contributed by atoms with Crippen molar-refractivity contribution in [2.75, 3.05) is 25.0 Å². The number of carbonyl (C=O) groups is 2. The molecule has 35 heavy (non-hydrogen) atoms. The van der Waals surface area contributed by atoms with Crippen LogP contribution < -0.4 is 16.0 Å². The van der Waals surface area contributed by atoms with E-state index in [1.807, 2.05) is 5.32 Å². The van der Waals surface area contributed by atoms with E-state index in [9.17, 15) is 22.8 Å². The van der Waals surface area contributed by atoms with Gasteiger partial charge in [-0.1, -0.05) is 31.6 Å². The van der Waals surface area contributed by atoms with Crippen molar-refractivity contribution in [1.82, 2.24) is 25.4 Å². The molecule has 8 nitrogen and oxygen atoms in total. The maximum Gasteiger partial charge on any atom is 0.405 e. The zero-order valence-electron chi connectivity index (χ0n) is 19.7. The number of hydrogen-bond donors (Lipinski definition) is 3. The number of nitrogens with zero attached hydrogens (tertiary/aromatic N) is 3. The largest absolute Gasteiger partial charge is 0.405 e. The van der Waals surface area contributed by atoms with Gasteiger partial charge in [-0.15, -0.1) is 5.54 Å². The van der Waals surface area contributed by atoms with Crippen molar-refractivity contribution in [1.29, 1.82) is 0 Å². The van der Waals surface area contributed by atoms with Crippen molar-refractivity contribution in [3.63, 3.8) is 0 Å². The number of rotatable bonds is 3. The Morgan fingerprint density at radius 2 is 2.09 bits per heavy atom. The zero-order chi connectivity index (χ0) is 25.4. The highest BCUT2D eigenvalue weighted by molar-refractivity contribution is 6.83. The molecule has 3 aliphatic heterocycles. The number of dihydropyridines is 1. The van der Waals surface area contributed by atoms with Gasteiger partial charge in [-0.2, -0.15) is 13.2 Å². The van der Waals surface area contributed by atoms with E-state index in [0.717, 1.165) is 24.2 Å². The van der Waals surface area contributed by atoms with E-state index in [0.29, 0.717) is 18.2 Å². The Morgan fingerprint density at radius 1 is 1.31 bits per heavy atom. The molecule has 2 unspecified atom stereocenters. The lowest BCUT2D eigenvalue weighted by molar-refractivity contribution is -0.138. The number of amides is 3. The molecule has 186 valence electrons. The summed E-state index contributed by atoms with van der Waals surface area (Å²) in [6.07, 6.45) is 0.958. The number of halogens is 3. The van der Waals surface area contributed by atoms with E-state index < -0.39 is 38.8 Å². The van der Waals surface area contributed by atoms with Crippen molar-refractivity contribution >= 4 is 25.8 Å². The number of anilines is 1. The van der Waals surface area contributed by atoms with Crippen LogP contribution in [-0.2, 0) is 4.79 Å². The molecule has 2 atom stereocenters. The first-order chi connectivity index (χ1) is 16.4. The maximum atomic E-state index is 13.4. The molecule has 1 saturated heterocycles. The van der Waals surface area contributed by atoms with Gasteiger partial charge in [-0.3, -0.25) is 15.0 Å². The van der Waals surface area contributed by atoms with Gasteiger partial charge in [0.25, 0.3) is 0 Å². The lowest BCUT2D eigenvalue weighted by atomic mass is 10.1. The minimum Gasteiger partial charge on any atom is -0.366 e. The monoisotopic (exact) mass is 504 g/mol. The van der Waals surface area contributed by atoms with Crippen LogP contribution in [0.4, 0.5) is 23.8 Å². The van der Waals surface area contributed by atoms with Gasteiger partial charge in [-0.25, -0.2) is 9.78 Å². The number of aromatic nitrogens is 1. The molecule has 3 N–H and O–H groups in total. The third-order valence-corrected chi connectivity index (χ3v) is 6.51. The number of fused-ring (bicyclic) bond motifs is 3. The SMILES string of the molecule is C[Si](C)(C)C#Cc1ccnc(NC(=O)N2C3=C(C=CC(C(=O)NCC(F)(F)F)N3)N3CCC2C3)c1. The van der Waals surface area contributed by atoms with Crippen molar-refractivity contribution in [2.45, 2.75) is 44.3 Å². The first kappa shape index (κ1) is 24.7. The van der Waals surface area contributed by atoms with Gasteiger partial charge in [-0.05, 0) is 24.6 Å². The summed E-state index contributed by atoms with van der Waals surface area (Å²) >= 11 is 0. The van der Waals surface area contributed by atoms with E-state index in [4.69, 9.17) is 0 Å². The van der Waals surface area contributed by atoms with Crippen molar-refractivity contribution in [3.05, 3.63) is 47.6 Å². The number of allylic oxidation sites excluding steroid dienone is 1. The van der Waals surface area contributed by atoms with Gasteiger partial charge in [0.2, 0.25) is 5.91 Å². The van der Waals surface area contributed by atoms with Crippen LogP contribution >= 0.6 is 0 Å². The van der Waals surface area contributed by atoms with E-state index in [1.165, 1.54) is 11.0 Å². The topological polar surface area (TPSA) is 89.6 Å². The molecule has 4 heterocycles. The molecule has 3 amide bonds. The molecule has 12 heteroatoms. The third-order valence-electron chi connectivity index (χ3n) is 5.63. The molecular weight excluding hydrogens is 477 g/mol. The molecule has 0 aromatic carbocycles. The second kappa shape index (κ2) is 9.29. The molecule has 0 saturated carbocycles. The van der Waals surface area contributed by atoms with Gasteiger partial charge in [0.05, 0.1) is 11.7 Å². The van der Waals surface area contributed by atoms with E-state index in [1.54, 1.807) is 24.4 Å². The summed E-state index contributed by atoms with van der Waals surface area (Å²) < 4.78 is 37.6. The van der Waals surface area contributed by atoms with Gasteiger partial charge in [0.1, 0.15) is 32.3 Å². The highest BCUT2D eigenvalue weighted by atomic mass is 28.3. The van der Waals surface area contributed by atoms with Crippen LogP contribution in [0, 0.1) is 11.5 Å². The molecule has 1 aromatic heterocycles. The van der Waals surface area contributed by atoms with Crippen molar-refractivity contribution < 1.29 is 22.8 Å². The summed E-state index contributed by atoms with van der Waals surface area (Å²) in [7, 11) is -1.58. The number of hydrogen-bond acceptors (Lipinski definition) is 5. The van der Waals surface area contributed by atoms with Crippen LogP contribution in [0.3, 0.4) is 0 Å². The van der Waals surface area contributed by atoms with Crippen LogP contribution in [-0.4, -0.2) is 72.7 Å². The molecule has 1 fully saturated rings. The Balaban J connectivity index is 1.52. The van der Waals surface area contributed by atoms with Gasteiger partial charge in [0.15, 0.2) is 0 Å². The number of carbonyl (C=O) groups excluding carboxylic acids is 2. The number of urea groups is 1. The van der Waals surface area contributed by atoms with Gasteiger partial charge in [0, 0.05) is 24.8 Å². The summed E-state index contributed by atoms with van der Waals surface area (Å²) in [6, 6.07) is 1.85. The lowest BCUT2D eigenvalue weighted by Gasteiger charge is -2.40. The zero-order valence-corrected chi connectivity index (χ0v) is 20.7. The minimum absolute atomic E-state index is 0.151. The average Bonchev–Trinajstić information content (AvgIpc) is 3.19. The maximum absolute atomic E-state index is 13.4. The summed E-state index contributed by atoms with van der Waals surface area (Å²) in [5.74, 6) is 3.04. The van der Waals surface area contributed by atoms with Crippen molar-refractivity contribution in [2.24, 2.45) is 0 Å². The molecule has 0 radical (unpaired) electrons. The van der Waals surface area contributed by atoms with Gasteiger partial charge < -0.3 is 15.5 Å². The number of alkyl halides is 3. The molecule has 0 spiro atoms. The van der Waals surface area contributed by atoms with E-state index in [2.05, 4.69) is 51.6 Å². The fourth-order valence-electron chi connectivity index (χ4n) is 4.06. The smallest absolute Gasteiger partial charge is 0.366 e. The molecule has 1 aromatic rings. The summed E-state index contributed by atoms with van der Waals surface area (Å²) in [5, 5.41) is 7.65. The standard InChI is InChI=1S/C23H27F3N6O2Si/c1-35(2,3)11-8-15-6-9-27-19(12-15)30-22(34)32-16-7-10-31(13-16)18-5-4-17(29-20(18)32)21(33)28-14-23(24,25)26/h4-6,9,12,16-17,29H,7,10,13-14H2,1-3H3,(H,28,33)(H,27,30,34). The average molecular weight is 505 g/mol. The molecular formula is C23H27F3N6O2Si. The first-order valence-corrected chi connectivity index (χ1v) is 14.8. The summed E-state index contributed by atoms with van der Waals surface area (Å²) in [4.78, 5) is 33.5. The normalized spacial score (nSPS) is 21.1. The Kier molecular flexibility index (Phi) is 6.55. The quantitative estimate of drug-likeness (QED) is 0.435. The number of pyridine rings is 1. The molecule has 0 aliphatic carbocycles.